The second-order valence-electron chi connectivity index (χ2n) is 5.89. The molecular weight excluding hydrogens is 212 g/mol. The Kier molecular flexibility index (Phi) is 4.83. The van der Waals surface area contributed by atoms with E-state index >= 15 is 0 Å². The summed E-state index contributed by atoms with van der Waals surface area (Å²) in [4.78, 5) is 0. The van der Waals surface area contributed by atoms with Gasteiger partial charge < -0.3 is 15.8 Å². The van der Waals surface area contributed by atoms with Crippen molar-refractivity contribution in [3.05, 3.63) is 0 Å². The van der Waals surface area contributed by atoms with E-state index < -0.39 is 0 Å². The molecule has 2 aliphatic rings. The second-order valence-corrected chi connectivity index (χ2v) is 5.89. The van der Waals surface area contributed by atoms with Crippen LogP contribution in [0.2, 0.25) is 0 Å². The van der Waals surface area contributed by atoms with Crippen LogP contribution in [0.25, 0.3) is 0 Å². The van der Waals surface area contributed by atoms with Gasteiger partial charge in [-0.2, -0.15) is 0 Å². The highest BCUT2D eigenvalue weighted by Crippen LogP contribution is 2.35. The Morgan fingerprint density at radius 1 is 1.24 bits per heavy atom. The zero-order chi connectivity index (χ0) is 12.1. The number of nitrogens with one attached hydrogen (secondary N) is 1. The molecule has 0 bridgehead atoms. The predicted molar refractivity (Wildman–Crippen MR) is 71.0 cm³/mol. The Hall–Kier alpha value is -0.120. The Labute approximate surface area is 105 Å². The van der Waals surface area contributed by atoms with E-state index in [2.05, 4.69) is 12.2 Å². The summed E-state index contributed by atoms with van der Waals surface area (Å²) in [6.07, 6.45) is 9.66. The Bertz CT molecular complexity index is 220. The van der Waals surface area contributed by atoms with E-state index in [1.165, 1.54) is 44.9 Å². The Balaban J connectivity index is 1.67. The third-order valence-corrected chi connectivity index (χ3v) is 4.61. The smallest absolute Gasteiger partial charge is 0.0604 e. The molecule has 0 aromatic carbocycles. The van der Waals surface area contributed by atoms with Gasteiger partial charge in [0.25, 0.3) is 0 Å². The van der Waals surface area contributed by atoms with Crippen molar-refractivity contribution in [1.29, 1.82) is 0 Å². The largest absolute Gasteiger partial charge is 0.378 e. The third kappa shape index (κ3) is 3.43. The highest BCUT2D eigenvalue weighted by Gasteiger charge is 2.34. The molecule has 0 unspecified atom stereocenters. The van der Waals surface area contributed by atoms with Crippen LogP contribution in [0.15, 0.2) is 0 Å². The van der Waals surface area contributed by atoms with Gasteiger partial charge in [0, 0.05) is 19.2 Å². The van der Waals surface area contributed by atoms with Gasteiger partial charge in [0.05, 0.1) is 6.10 Å². The molecule has 0 atom stereocenters. The number of ether oxygens (including phenoxy) is 1. The van der Waals surface area contributed by atoms with Crippen molar-refractivity contribution in [3.63, 3.8) is 0 Å². The monoisotopic (exact) mass is 240 g/mol. The molecule has 0 amide bonds. The van der Waals surface area contributed by atoms with Gasteiger partial charge in [0.1, 0.15) is 0 Å². The van der Waals surface area contributed by atoms with Gasteiger partial charge in [-0.25, -0.2) is 0 Å². The first-order valence-electron chi connectivity index (χ1n) is 7.33. The fourth-order valence-electron chi connectivity index (χ4n) is 3.22. The molecule has 0 aromatic rings. The minimum Gasteiger partial charge on any atom is -0.378 e. The molecule has 0 aromatic heterocycles. The van der Waals surface area contributed by atoms with E-state index in [0.717, 1.165) is 19.7 Å². The highest BCUT2D eigenvalue weighted by molar-refractivity contribution is 4.91. The lowest BCUT2D eigenvalue weighted by atomic mass is 9.73. The maximum absolute atomic E-state index is 5.99. The van der Waals surface area contributed by atoms with E-state index in [1.54, 1.807) is 0 Å². The summed E-state index contributed by atoms with van der Waals surface area (Å²) in [5.41, 5.74) is 6.39. The lowest BCUT2D eigenvalue weighted by molar-refractivity contribution is -0.0130. The molecule has 0 radical (unpaired) electrons. The number of hydrogen-bond donors (Lipinski definition) is 2. The molecule has 0 spiro atoms. The van der Waals surface area contributed by atoms with Crippen LogP contribution in [0.5, 0.6) is 0 Å². The zero-order valence-electron chi connectivity index (χ0n) is 11.2. The molecule has 0 saturated heterocycles. The van der Waals surface area contributed by atoms with Gasteiger partial charge in [-0.1, -0.05) is 19.3 Å². The van der Waals surface area contributed by atoms with Crippen molar-refractivity contribution in [2.75, 3.05) is 19.7 Å². The molecule has 3 nitrogen and oxygen atoms in total. The standard InChI is InChI=1S/C14H28N2O/c1-2-17-13-8-12(9-13)16-11-14(10-15)6-4-3-5-7-14/h12-13,16H,2-11,15H2,1H3. The fourth-order valence-corrected chi connectivity index (χ4v) is 3.22. The molecule has 2 fully saturated rings. The molecule has 0 aliphatic heterocycles. The topological polar surface area (TPSA) is 47.3 Å². The molecule has 3 heteroatoms. The van der Waals surface area contributed by atoms with Gasteiger partial charge in [0.2, 0.25) is 0 Å². The minimum absolute atomic E-state index is 0.398. The van der Waals surface area contributed by atoms with Crippen LogP contribution < -0.4 is 11.1 Å². The van der Waals surface area contributed by atoms with Crippen LogP contribution in [0.3, 0.4) is 0 Å². The first kappa shape index (κ1) is 13.3. The van der Waals surface area contributed by atoms with Gasteiger partial charge in [-0.05, 0) is 44.6 Å². The maximum Gasteiger partial charge on any atom is 0.0604 e. The van der Waals surface area contributed by atoms with E-state index in [-0.39, 0.29) is 0 Å². The summed E-state index contributed by atoms with van der Waals surface area (Å²) in [5, 5.41) is 3.71. The number of nitrogens with two attached hydrogens (primary N) is 1. The number of hydrogen-bond acceptors (Lipinski definition) is 3. The molecule has 0 heterocycles. The predicted octanol–water partition coefficient (Wildman–Crippen LogP) is 2.05. The minimum atomic E-state index is 0.398. The van der Waals surface area contributed by atoms with Crippen molar-refractivity contribution in [3.8, 4) is 0 Å². The van der Waals surface area contributed by atoms with Crippen LogP contribution in [-0.4, -0.2) is 31.8 Å². The quantitative estimate of drug-likeness (QED) is 0.747. The SMILES string of the molecule is CCOC1CC(NCC2(CN)CCCCC2)C1. The van der Waals surface area contributed by atoms with Crippen molar-refractivity contribution in [2.45, 2.75) is 64.0 Å². The maximum atomic E-state index is 5.99. The first-order chi connectivity index (χ1) is 8.28. The van der Waals surface area contributed by atoms with Crippen molar-refractivity contribution in [2.24, 2.45) is 11.1 Å². The van der Waals surface area contributed by atoms with Crippen LogP contribution >= 0.6 is 0 Å². The molecule has 2 aliphatic carbocycles. The van der Waals surface area contributed by atoms with E-state index in [4.69, 9.17) is 10.5 Å². The van der Waals surface area contributed by atoms with Crippen LogP contribution in [0.1, 0.15) is 51.9 Å². The first-order valence-corrected chi connectivity index (χ1v) is 7.33. The summed E-state index contributed by atoms with van der Waals surface area (Å²) in [5.74, 6) is 0. The molecule has 100 valence electrons. The van der Waals surface area contributed by atoms with Crippen LogP contribution in [0, 0.1) is 5.41 Å². The molecular formula is C14H28N2O. The molecule has 17 heavy (non-hydrogen) atoms. The number of rotatable bonds is 6. The molecule has 2 saturated carbocycles. The average molecular weight is 240 g/mol. The Morgan fingerprint density at radius 2 is 1.94 bits per heavy atom. The summed E-state index contributed by atoms with van der Waals surface area (Å²) < 4.78 is 5.59. The molecule has 2 rings (SSSR count). The fraction of sp³-hybridized carbons (Fsp3) is 1.00. The summed E-state index contributed by atoms with van der Waals surface area (Å²) in [6, 6.07) is 0.678. The Morgan fingerprint density at radius 3 is 2.53 bits per heavy atom. The van der Waals surface area contributed by atoms with Gasteiger partial charge in [0.15, 0.2) is 0 Å². The lowest BCUT2D eigenvalue weighted by Crippen LogP contribution is -2.51. The molecule has 3 N–H and O–H groups in total. The summed E-state index contributed by atoms with van der Waals surface area (Å²) in [6.45, 7) is 4.89. The van der Waals surface area contributed by atoms with Crippen molar-refractivity contribution >= 4 is 0 Å². The van der Waals surface area contributed by atoms with Gasteiger partial charge in [-0.3, -0.25) is 0 Å². The van der Waals surface area contributed by atoms with E-state index in [0.29, 0.717) is 17.6 Å². The average Bonchev–Trinajstić information content (AvgIpc) is 2.33. The highest BCUT2D eigenvalue weighted by atomic mass is 16.5. The summed E-state index contributed by atoms with van der Waals surface area (Å²) >= 11 is 0. The van der Waals surface area contributed by atoms with Crippen molar-refractivity contribution < 1.29 is 4.74 Å². The third-order valence-electron chi connectivity index (χ3n) is 4.61. The second kappa shape index (κ2) is 6.17. The normalized spacial score (nSPS) is 32.1. The van der Waals surface area contributed by atoms with Crippen molar-refractivity contribution in [1.82, 2.24) is 5.32 Å². The van der Waals surface area contributed by atoms with E-state index in [1.807, 2.05) is 0 Å². The lowest BCUT2D eigenvalue weighted by Gasteiger charge is -2.41. The van der Waals surface area contributed by atoms with Gasteiger partial charge >= 0.3 is 0 Å². The zero-order valence-corrected chi connectivity index (χ0v) is 11.2. The summed E-state index contributed by atoms with van der Waals surface area (Å²) in [7, 11) is 0. The van der Waals surface area contributed by atoms with Crippen LogP contribution in [-0.2, 0) is 4.74 Å². The van der Waals surface area contributed by atoms with Gasteiger partial charge in [-0.15, -0.1) is 0 Å². The van der Waals surface area contributed by atoms with E-state index in [9.17, 15) is 0 Å². The van der Waals surface area contributed by atoms with Crippen LogP contribution in [0.4, 0.5) is 0 Å².